The summed E-state index contributed by atoms with van der Waals surface area (Å²) in [5, 5.41) is 10.7. The molecule has 29 heavy (non-hydrogen) atoms. The number of methoxy groups -OCH3 is 1. The summed E-state index contributed by atoms with van der Waals surface area (Å²) < 4.78 is 11.5. The molecule has 2 N–H and O–H groups in total. The first kappa shape index (κ1) is 19.7. The molecule has 1 aliphatic rings. The van der Waals surface area contributed by atoms with Gasteiger partial charge in [0, 0.05) is 16.3 Å². The van der Waals surface area contributed by atoms with Crippen molar-refractivity contribution in [3.8, 4) is 11.5 Å². The predicted molar refractivity (Wildman–Crippen MR) is 115 cm³/mol. The van der Waals surface area contributed by atoms with E-state index in [9.17, 15) is 4.79 Å². The summed E-state index contributed by atoms with van der Waals surface area (Å²) in [7, 11) is 1.62. The van der Waals surface area contributed by atoms with Crippen LogP contribution < -0.4 is 14.8 Å². The monoisotopic (exact) mass is 429 g/mol. The molecule has 0 fully saturated rings. The summed E-state index contributed by atoms with van der Waals surface area (Å²) in [5.74, 6) is 2.17. The first-order valence-corrected chi connectivity index (χ1v) is 10.5. The number of thioether (sulfide) groups is 1. The first-order chi connectivity index (χ1) is 14.0. The number of aromatic amines is 1. The van der Waals surface area contributed by atoms with Gasteiger partial charge in [-0.05, 0) is 42.3 Å². The lowest BCUT2D eigenvalue weighted by Crippen LogP contribution is -2.12. The third kappa shape index (κ3) is 4.21. The van der Waals surface area contributed by atoms with Crippen LogP contribution in [0.25, 0.3) is 0 Å². The Kier molecular flexibility index (Phi) is 5.69. The molecule has 0 bridgehead atoms. The topological polar surface area (TPSA) is 76.2 Å². The summed E-state index contributed by atoms with van der Waals surface area (Å²) >= 11 is 7.60. The van der Waals surface area contributed by atoms with Crippen molar-refractivity contribution < 1.29 is 14.3 Å². The van der Waals surface area contributed by atoms with E-state index < -0.39 is 0 Å². The number of anilines is 1. The molecule has 0 aliphatic carbocycles. The molecule has 0 saturated heterocycles. The van der Waals surface area contributed by atoms with Crippen molar-refractivity contribution in [2.24, 2.45) is 0 Å². The fourth-order valence-electron chi connectivity index (χ4n) is 3.28. The van der Waals surface area contributed by atoms with Crippen molar-refractivity contribution >= 4 is 35.1 Å². The lowest BCUT2D eigenvalue weighted by atomic mass is 10.0. The van der Waals surface area contributed by atoms with Crippen LogP contribution in [0.15, 0.2) is 42.5 Å². The van der Waals surface area contributed by atoms with Gasteiger partial charge in [-0.3, -0.25) is 9.89 Å². The molecule has 8 heteroatoms. The van der Waals surface area contributed by atoms with Gasteiger partial charge in [0.15, 0.2) is 17.3 Å². The van der Waals surface area contributed by atoms with E-state index in [0.29, 0.717) is 34.7 Å². The van der Waals surface area contributed by atoms with E-state index in [4.69, 9.17) is 21.1 Å². The number of carbonyl (C=O) groups excluding carboxylic acids is 1. The zero-order valence-corrected chi connectivity index (χ0v) is 17.6. The normalized spacial score (nSPS) is 16.0. The van der Waals surface area contributed by atoms with Gasteiger partial charge >= 0.3 is 0 Å². The minimum atomic E-state index is -0.0568. The molecular formula is C21H20ClN3O3S. The average Bonchev–Trinajstić information content (AvgIpc) is 2.97. The number of nitrogens with zero attached hydrogens (tertiary/aromatic N) is 1. The Balaban J connectivity index is 1.61. The number of aromatic nitrogens is 2. The molecule has 0 radical (unpaired) electrons. The zero-order chi connectivity index (χ0) is 20.4. The molecule has 1 amide bonds. The van der Waals surface area contributed by atoms with Crippen LogP contribution in [0.4, 0.5) is 5.82 Å². The van der Waals surface area contributed by atoms with E-state index in [1.54, 1.807) is 18.9 Å². The minimum absolute atomic E-state index is 0.0430. The van der Waals surface area contributed by atoms with Crippen molar-refractivity contribution in [1.82, 2.24) is 10.2 Å². The quantitative estimate of drug-likeness (QED) is 0.613. The third-order valence-electron chi connectivity index (χ3n) is 4.67. The maximum Gasteiger partial charge on any atom is 0.235 e. The highest BCUT2D eigenvalue weighted by atomic mass is 35.5. The molecule has 2 aromatic carbocycles. The number of halogens is 1. The van der Waals surface area contributed by atoms with Gasteiger partial charge in [-0.2, -0.15) is 5.10 Å². The molecule has 0 saturated carbocycles. The van der Waals surface area contributed by atoms with E-state index in [0.717, 1.165) is 22.4 Å². The first-order valence-electron chi connectivity index (χ1n) is 9.06. The van der Waals surface area contributed by atoms with Crippen LogP contribution in [-0.2, 0) is 11.4 Å². The van der Waals surface area contributed by atoms with E-state index in [1.807, 2.05) is 49.4 Å². The number of benzene rings is 2. The SMILES string of the molecule is COc1cc(C2SCC(=O)Nc3n[nH]c(C)c32)ccc1OCc1cccc(Cl)c1. The van der Waals surface area contributed by atoms with Gasteiger partial charge in [0.2, 0.25) is 5.91 Å². The van der Waals surface area contributed by atoms with Crippen molar-refractivity contribution in [2.75, 3.05) is 18.2 Å². The van der Waals surface area contributed by atoms with Crippen LogP contribution in [-0.4, -0.2) is 29.0 Å². The van der Waals surface area contributed by atoms with Gasteiger partial charge < -0.3 is 14.8 Å². The van der Waals surface area contributed by atoms with Crippen LogP contribution in [0.1, 0.15) is 27.6 Å². The predicted octanol–water partition coefficient (Wildman–Crippen LogP) is 4.73. The molecule has 3 aromatic rings. The number of hydrogen-bond donors (Lipinski definition) is 2. The number of ether oxygens (including phenoxy) is 2. The summed E-state index contributed by atoms with van der Waals surface area (Å²) in [6.07, 6.45) is 0. The molecule has 6 nitrogen and oxygen atoms in total. The summed E-state index contributed by atoms with van der Waals surface area (Å²) in [4.78, 5) is 12.0. The number of hydrogen-bond acceptors (Lipinski definition) is 5. The molecule has 150 valence electrons. The second-order valence-corrected chi connectivity index (χ2v) is 8.21. The van der Waals surface area contributed by atoms with E-state index >= 15 is 0 Å². The third-order valence-corrected chi connectivity index (χ3v) is 6.17. The highest BCUT2D eigenvalue weighted by molar-refractivity contribution is 8.00. The van der Waals surface area contributed by atoms with Crippen LogP contribution >= 0.6 is 23.4 Å². The fourth-order valence-corrected chi connectivity index (χ4v) is 4.68. The Morgan fingerprint density at radius 2 is 2.10 bits per heavy atom. The summed E-state index contributed by atoms with van der Waals surface area (Å²) in [6.45, 7) is 2.34. The standard InChI is InChI=1S/C21H20ClN3O3S/c1-12-19-20(29-11-18(26)23-21(19)25-24-12)14-6-7-16(17(9-14)27-2)28-10-13-4-3-5-15(22)8-13/h3-9,20H,10-11H2,1-2H3,(H2,23,24,25,26). The van der Waals surface area contributed by atoms with Gasteiger partial charge in [-0.25, -0.2) is 0 Å². The number of carbonyl (C=O) groups is 1. The smallest absolute Gasteiger partial charge is 0.235 e. The second-order valence-electron chi connectivity index (χ2n) is 6.68. The Morgan fingerprint density at radius 1 is 1.24 bits per heavy atom. The second kappa shape index (κ2) is 8.39. The molecule has 1 aliphatic heterocycles. The van der Waals surface area contributed by atoms with Crippen LogP contribution in [0.5, 0.6) is 11.5 Å². The van der Waals surface area contributed by atoms with Crippen LogP contribution in [0.3, 0.4) is 0 Å². The molecular weight excluding hydrogens is 410 g/mol. The number of H-pyrrole nitrogens is 1. The van der Waals surface area contributed by atoms with Gasteiger partial charge in [-0.1, -0.05) is 29.8 Å². The maximum atomic E-state index is 12.0. The molecule has 1 aromatic heterocycles. The maximum absolute atomic E-state index is 12.0. The number of aryl methyl sites for hydroxylation is 1. The highest BCUT2D eigenvalue weighted by Crippen LogP contribution is 2.44. The van der Waals surface area contributed by atoms with Crippen LogP contribution in [0.2, 0.25) is 5.02 Å². The number of rotatable bonds is 5. The Hall–Kier alpha value is -2.64. The average molecular weight is 430 g/mol. The molecule has 1 unspecified atom stereocenters. The van der Waals surface area contributed by atoms with Gasteiger partial charge in [0.1, 0.15) is 6.61 Å². The number of nitrogens with one attached hydrogen (secondary N) is 2. The molecule has 0 spiro atoms. The van der Waals surface area contributed by atoms with Gasteiger partial charge in [0.25, 0.3) is 0 Å². The van der Waals surface area contributed by atoms with Crippen molar-refractivity contribution in [2.45, 2.75) is 18.8 Å². The van der Waals surface area contributed by atoms with Crippen molar-refractivity contribution in [3.05, 3.63) is 69.9 Å². The Labute approximate surface area is 177 Å². The minimum Gasteiger partial charge on any atom is -0.493 e. The largest absolute Gasteiger partial charge is 0.493 e. The molecule has 2 heterocycles. The summed E-state index contributed by atoms with van der Waals surface area (Å²) in [6, 6.07) is 13.4. The van der Waals surface area contributed by atoms with Crippen molar-refractivity contribution in [3.63, 3.8) is 0 Å². The van der Waals surface area contributed by atoms with Gasteiger partial charge in [-0.15, -0.1) is 11.8 Å². The Morgan fingerprint density at radius 3 is 2.90 bits per heavy atom. The lowest BCUT2D eigenvalue weighted by Gasteiger charge is -2.18. The lowest BCUT2D eigenvalue weighted by molar-refractivity contribution is -0.113. The fraction of sp³-hybridized carbons (Fsp3) is 0.238. The van der Waals surface area contributed by atoms with Crippen LogP contribution in [0, 0.1) is 6.92 Å². The van der Waals surface area contributed by atoms with E-state index in [1.165, 1.54) is 0 Å². The summed E-state index contributed by atoms with van der Waals surface area (Å²) in [5.41, 5.74) is 3.91. The molecule has 4 rings (SSSR count). The zero-order valence-electron chi connectivity index (χ0n) is 16.0. The van der Waals surface area contributed by atoms with E-state index in [2.05, 4.69) is 15.5 Å². The Bertz CT molecular complexity index is 1050. The number of amides is 1. The van der Waals surface area contributed by atoms with Gasteiger partial charge in [0.05, 0.1) is 18.1 Å². The van der Waals surface area contributed by atoms with Crippen molar-refractivity contribution in [1.29, 1.82) is 0 Å². The molecule has 1 atom stereocenters. The van der Waals surface area contributed by atoms with E-state index in [-0.39, 0.29) is 11.2 Å². The number of fused-ring (bicyclic) bond motifs is 1. The highest BCUT2D eigenvalue weighted by Gasteiger charge is 2.28.